The number of nitrogens with one attached hydrogen (secondary N) is 2. The van der Waals surface area contributed by atoms with Gasteiger partial charge in [0.2, 0.25) is 0 Å². The highest BCUT2D eigenvalue weighted by atomic mass is 35.5. The lowest BCUT2D eigenvalue weighted by molar-refractivity contribution is 0.0926. The SMILES string of the molecule is Cc1cc(C(=O)N[C@H]2CC[C@@H](Nc3cc(C)c4ccccc4n3)CC2)ccc1F.Cl. The molecule has 1 heterocycles. The number of anilines is 1. The largest absolute Gasteiger partial charge is 0.367 e. The van der Waals surface area contributed by atoms with Crippen LogP contribution in [0.15, 0.2) is 48.5 Å². The van der Waals surface area contributed by atoms with Crippen molar-refractivity contribution in [3.63, 3.8) is 0 Å². The number of aryl methyl sites for hydroxylation is 2. The first-order valence-corrected chi connectivity index (χ1v) is 10.2. The maximum atomic E-state index is 13.4. The first-order chi connectivity index (χ1) is 14.0. The van der Waals surface area contributed by atoms with Crippen LogP contribution in [-0.4, -0.2) is 23.0 Å². The number of carbonyl (C=O) groups excluding carboxylic acids is 1. The average molecular weight is 428 g/mol. The third kappa shape index (κ3) is 4.90. The number of fused-ring (bicyclic) bond motifs is 1. The molecule has 4 nitrogen and oxygen atoms in total. The van der Waals surface area contributed by atoms with Crippen LogP contribution < -0.4 is 10.6 Å². The molecule has 158 valence electrons. The van der Waals surface area contributed by atoms with Crippen LogP contribution in [0.3, 0.4) is 0 Å². The lowest BCUT2D eigenvalue weighted by Crippen LogP contribution is -2.40. The van der Waals surface area contributed by atoms with Crippen LogP contribution in [0, 0.1) is 19.7 Å². The van der Waals surface area contributed by atoms with E-state index in [0.717, 1.165) is 37.0 Å². The van der Waals surface area contributed by atoms with E-state index in [2.05, 4.69) is 29.7 Å². The Labute approximate surface area is 182 Å². The molecule has 1 fully saturated rings. The van der Waals surface area contributed by atoms with Crippen LogP contribution in [-0.2, 0) is 0 Å². The molecule has 0 aliphatic heterocycles. The zero-order chi connectivity index (χ0) is 20.4. The maximum absolute atomic E-state index is 13.4. The zero-order valence-electron chi connectivity index (χ0n) is 17.2. The summed E-state index contributed by atoms with van der Waals surface area (Å²) in [7, 11) is 0. The Morgan fingerprint density at radius 3 is 2.40 bits per heavy atom. The fourth-order valence-corrected chi connectivity index (χ4v) is 4.07. The second-order valence-corrected chi connectivity index (χ2v) is 7.97. The summed E-state index contributed by atoms with van der Waals surface area (Å²) in [5.41, 5.74) is 3.22. The van der Waals surface area contributed by atoms with Gasteiger partial charge in [0.25, 0.3) is 5.91 Å². The van der Waals surface area contributed by atoms with Gasteiger partial charge in [0, 0.05) is 23.0 Å². The van der Waals surface area contributed by atoms with Crippen LogP contribution in [0.5, 0.6) is 0 Å². The van der Waals surface area contributed by atoms with Crippen LogP contribution >= 0.6 is 12.4 Å². The Morgan fingerprint density at radius 2 is 1.67 bits per heavy atom. The van der Waals surface area contributed by atoms with Gasteiger partial charge < -0.3 is 10.6 Å². The number of amides is 1. The molecule has 1 aliphatic carbocycles. The number of carbonyl (C=O) groups is 1. The standard InChI is InChI=1S/C24H26FN3O.ClH/c1-15-14-23(28-22-6-4-3-5-20(15)22)26-18-8-10-19(11-9-18)27-24(29)17-7-12-21(25)16(2)13-17;/h3-7,12-14,18-19H,8-11H2,1-2H3,(H,26,28)(H,27,29);1H/t18-,19+;. The quantitative estimate of drug-likeness (QED) is 0.572. The Hall–Kier alpha value is -2.66. The Kier molecular flexibility index (Phi) is 6.93. The highest BCUT2D eigenvalue weighted by molar-refractivity contribution is 5.94. The Morgan fingerprint density at radius 1 is 0.967 bits per heavy atom. The van der Waals surface area contributed by atoms with Gasteiger partial charge in [-0.3, -0.25) is 4.79 Å². The maximum Gasteiger partial charge on any atom is 0.251 e. The van der Waals surface area contributed by atoms with Crippen molar-refractivity contribution in [3.05, 3.63) is 71.0 Å². The minimum Gasteiger partial charge on any atom is -0.367 e. The van der Waals surface area contributed by atoms with Gasteiger partial charge in [0.15, 0.2) is 0 Å². The lowest BCUT2D eigenvalue weighted by atomic mass is 9.91. The molecule has 0 bridgehead atoms. The van der Waals surface area contributed by atoms with Crippen LogP contribution in [0.2, 0.25) is 0 Å². The fraction of sp³-hybridized carbons (Fsp3) is 0.333. The molecule has 2 N–H and O–H groups in total. The topological polar surface area (TPSA) is 54.0 Å². The highest BCUT2D eigenvalue weighted by Crippen LogP contribution is 2.25. The summed E-state index contributed by atoms with van der Waals surface area (Å²) in [6, 6.07) is 15.3. The van der Waals surface area contributed by atoms with Crippen molar-refractivity contribution in [2.24, 2.45) is 0 Å². The summed E-state index contributed by atoms with van der Waals surface area (Å²) in [6.45, 7) is 3.78. The van der Waals surface area contributed by atoms with E-state index in [-0.39, 0.29) is 30.2 Å². The van der Waals surface area contributed by atoms with Crippen LogP contribution in [0.25, 0.3) is 10.9 Å². The van der Waals surface area contributed by atoms with Gasteiger partial charge in [-0.2, -0.15) is 0 Å². The van der Waals surface area contributed by atoms with E-state index in [1.54, 1.807) is 19.1 Å². The van der Waals surface area contributed by atoms with Crippen molar-refractivity contribution in [2.45, 2.75) is 51.6 Å². The van der Waals surface area contributed by atoms with Crippen molar-refractivity contribution in [2.75, 3.05) is 5.32 Å². The summed E-state index contributed by atoms with van der Waals surface area (Å²) >= 11 is 0. The number of aromatic nitrogens is 1. The average Bonchev–Trinajstić information content (AvgIpc) is 2.71. The van der Waals surface area contributed by atoms with E-state index in [0.29, 0.717) is 17.2 Å². The van der Waals surface area contributed by atoms with Gasteiger partial charge in [0.05, 0.1) is 5.52 Å². The molecule has 3 aromatic rings. The van der Waals surface area contributed by atoms with Gasteiger partial charge in [-0.15, -0.1) is 12.4 Å². The molecule has 30 heavy (non-hydrogen) atoms. The van der Waals surface area contributed by atoms with E-state index in [9.17, 15) is 9.18 Å². The van der Waals surface area contributed by atoms with E-state index < -0.39 is 0 Å². The smallest absolute Gasteiger partial charge is 0.251 e. The molecule has 6 heteroatoms. The number of nitrogens with zero attached hydrogens (tertiary/aromatic N) is 1. The predicted octanol–water partition coefficient (Wildman–Crippen LogP) is 5.57. The Balaban J connectivity index is 0.00000256. The van der Waals surface area contributed by atoms with Crippen molar-refractivity contribution < 1.29 is 9.18 Å². The molecule has 1 amide bonds. The second kappa shape index (κ2) is 9.43. The van der Waals surface area contributed by atoms with Gasteiger partial charge in [-0.05, 0) is 81.0 Å². The molecule has 1 aromatic heterocycles. The molecule has 0 saturated heterocycles. The summed E-state index contributed by atoms with van der Waals surface area (Å²) in [5.74, 6) is 0.498. The highest BCUT2D eigenvalue weighted by Gasteiger charge is 2.23. The summed E-state index contributed by atoms with van der Waals surface area (Å²) in [5, 5.41) is 7.84. The van der Waals surface area contributed by atoms with E-state index in [1.807, 2.05) is 18.2 Å². The molecule has 1 aliphatic rings. The minimum atomic E-state index is -0.286. The number of hydrogen-bond donors (Lipinski definition) is 2. The number of hydrogen-bond acceptors (Lipinski definition) is 3. The normalized spacial score (nSPS) is 18.5. The molecule has 0 radical (unpaired) electrons. The number of pyridine rings is 1. The molecular weight excluding hydrogens is 401 g/mol. The van der Waals surface area contributed by atoms with Gasteiger partial charge in [0.1, 0.15) is 11.6 Å². The molecule has 0 atom stereocenters. The number of para-hydroxylation sites is 1. The first kappa shape index (κ1) is 22.0. The Bertz CT molecular complexity index is 1050. The number of rotatable bonds is 4. The van der Waals surface area contributed by atoms with Crippen molar-refractivity contribution in [3.8, 4) is 0 Å². The second-order valence-electron chi connectivity index (χ2n) is 7.97. The van der Waals surface area contributed by atoms with Crippen molar-refractivity contribution in [1.29, 1.82) is 0 Å². The number of halogens is 2. The molecule has 1 saturated carbocycles. The number of benzene rings is 2. The molecule has 4 rings (SSSR count). The van der Waals surface area contributed by atoms with Gasteiger partial charge in [-0.1, -0.05) is 18.2 Å². The van der Waals surface area contributed by atoms with Crippen molar-refractivity contribution >= 4 is 35.0 Å². The minimum absolute atomic E-state index is 0. The van der Waals surface area contributed by atoms with Crippen LogP contribution in [0.1, 0.15) is 47.2 Å². The third-order valence-electron chi connectivity index (χ3n) is 5.76. The molecule has 0 unspecified atom stereocenters. The van der Waals surface area contributed by atoms with E-state index in [1.165, 1.54) is 17.0 Å². The fourth-order valence-electron chi connectivity index (χ4n) is 4.07. The monoisotopic (exact) mass is 427 g/mol. The van der Waals surface area contributed by atoms with E-state index >= 15 is 0 Å². The van der Waals surface area contributed by atoms with E-state index in [4.69, 9.17) is 4.98 Å². The zero-order valence-corrected chi connectivity index (χ0v) is 18.1. The lowest BCUT2D eigenvalue weighted by Gasteiger charge is -2.30. The molecular formula is C24H27ClFN3O. The van der Waals surface area contributed by atoms with Gasteiger partial charge in [-0.25, -0.2) is 9.37 Å². The first-order valence-electron chi connectivity index (χ1n) is 10.2. The summed E-state index contributed by atoms with van der Waals surface area (Å²) in [4.78, 5) is 17.2. The predicted molar refractivity (Wildman–Crippen MR) is 122 cm³/mol. The molecule has 2 aromatic carbocycles. The summed E-state index contributed by atoms with van der Waals surface area (Å²) in [6.07, 6.45) is 3.77. The van der Waals surface area contributed by atoms with Crippen molar-refractivity contribution in [1.82, 2.24) is 10.3 Å². The van der Waals surface area contributed by atoms with Crippen LogP contribution in [0.4, 0.5) is 10.2 Å². The summed E-state index contributed by atoms with van der Waals surface area (Å²) < 4.78 is 13.4. The third-order valence-corrected chi connectivity index (χ3v) is 5.76. The van der Waals surface area contributed by atoms with Gasteiger partial charge >= 0.3 is 0 Å². The molecule has 0 spiro atoms.